The van der Waals surface area contributed by atoms with Crippen molar-refractivity contribution in [2.24, 2.45) is 11.7 Å². The van der Waals surface area contributed by atoms with Crippen LogP contribution in [-0.4, -0.2) is 76.7 Å². The molecule has 0 spiro atoms. The first-order valence-electron chi connectivity index (χ1n) is 14.5. The second-order valence-electron chi connectivity index (χ2n) is 11.7. The number of aromatic nitrogens is 1. The number of nitrogens with zero attached hydrogens (tertiary/aromatic N) is 2. The van der Waals surface area contributed by atoms with Crippen molar-refractivity contribution in [1.82, 2.24) is 25.4 Å². The van der Waals surface area contributed by atoms with Crippen molar-refractivity contribution in [1.29, 1.82) is 0 Å². The fourth-order valence-electron chi connectivity index (χ4n) is 5.70. The molecule has 42 heavy (non-hydrogen) atoms. The van der Waals surface area contributed by atoms with Crippen LogP contribution in [0.15, 0.2) is 54.6 Å². The highest BCUT2D eigenvalue weighted by molar-refractivity contribution is 5.97. The largest absolute Gasteiger partial charge is 0.368 e. The number of nitrogens with one attached hydrogen (secondary N) is 3. The Hall–Kier alpha value is -4.18. The molecule has 1 aromatic heterocycles. The van der Waals surface area contributed by atoms with E-state index >= 15 is 0 Å². The predicted molar refractivity (Wildman–Crippen MR) is 162 cm³/mol. The highest BCUT2D eigenvalue weighted by Gasteiger charge is 2.45. The average Bonchev–Trinajstić information content (AvgIpc) is 3.31. The van der Waals surface area contributed by atoms with Crippen molar-refractivity contribution in [2.45, 2.75) is 58.2 Å². The van der Waals surface area contributed by atoms with Gasteiger partial charge in [-0.2, -0.15) is 0 Å². The van der Waals surface area contributed by atoms with Crippen LogP contribution in [0.2, 0.25) is 0 Å². The van der Waals surface area contributed by atoms with Crippen LogP contribution in [0.25, 0.3) is 10.9 Å². The molecule has 0 saturated carbocycles. The second-order valence-corrected chi connectivity index (χ2v) is 11.7. The smallest absolute Gasteiger partial charge is 0.246 e. The highest BCUT2D eigenvalue weighted by Crippen LogP contribution is 2.34. The lowest BCUT2D eigenvalue weighted by Gasteiger charge is -2.38. The zero-order valence-corrected chi connectivity index (χ0v) is 24.9. The molecule has 5 N–H and O–H groups in total. The van der Waals surface area contributed by atoms with E-state index in [0.717, 1.165) is 27.7 Å². The summed E-state index contributed by atoms with van der Waals surface area (Å²) in [5, 5.41) is 6.80. The van der Waals surface area contributed by atoms with E-state index in [-0.39, 0.29) is 24.8 Å². The number of fused-ring (bicyclic) bond motifs is 3. The van der Waals surface area contributed by atoms with E-state index in [1.54, 1.807) is 13.8 Å². The van der Waals surface area contributed by atoms with Crippen LogP contribution in [0, 0.1) is 5.92 Å². The van der Waals surface area contributed by atoms with Gasteiger partial charge in [-0.25, -0.2) is 0 Å². The minimum atomic E-state index is -1.32. The molecule has 4 amide bonds. The minimum absolute atomic E-state index is 0.187. The van der Waals surface area contributed by atoms with E-state index in [9.17, 15) is 19.2 Å². The number of aryl methyl sites for hydroxylation is 1. The molecule has 2 aromatic carbocycles. The van der Waals surface area contributed by atoms with Gasteiger partial charge in [0.05, 0.1) is 6.54 Å². The Morgan fingerprint density at radius 1 is 1.02 bits per heavy atom. The number of hydrogen-bond acceptors (Lipinski definition) is 5. The number of benzene rings is 2. The Bertz CT molecular complexity index is 1440. The first kappa shape index (κ1) is 30.8. The minimum Gasteiger partial charge on any atom is -0.368 e. The predicted octanol–water partition coefficient (Wildman–Crippen LogP) is 2.12. The van der Waals surface area contributed by atoms with Gasteiger partial charge in [-0.05, 0) is 43.0 Å². The molecule has 3 aromatic rings. The summed E-state index contributed by atoms with van der Waals surface area (Å²) < 4.78 is 0. The summed E-state index contributed by atoms with van der Waals surface area (Å²) in [6.07, 6.45) is 1.10. The van der Waals surface area contributed by atoms with Crippen LogP contribution in [0.3, 0.4) is 0 Å². The lowest BCUT2D eigenvalue weighted by atomic mass is 9.78. The molecular weight excluding hydrogens is 532 g/mol. The molecule has 0 bridgehead atoms. The maximum Gasteiger partial charge on any atom is 0.246 e. The molecule has 4 rings (SSSR count). The van der Waals surface area contributed by atoms with Gasteiger partial charge in [-0.3, -0.25) is 19.2 Å². The van der Waals surface area contributed by atoms with Gasteiger partial charge in [0, 0.05) is 49.6 Å². The number of hydrogen-bond donors (Lipinski definition) is 4. The topological polar surface area (TPSA) is 141 Å². The number of rotatable bonds is 12. The van der Waals surface area contributed by atoms with Crippen LogP contribution in [-0.2, 0) is 38.6 Å². The number of carbonyl (C=O) groups is 4. The summed E-state index contributed by atoms with van der Waals surface area (Å²) in [4.78, 5) is 59.1. The van der Waals surface area contributed by atoms with Gasteiger partial charge >= 0.3 is 0 Å². The number of H-pyrrole nitrogens is 1. The van der Waals surface area contributed by atoms with Crippen LogP contribution in [0.5, 0.6) is 0 Å². The fraction of sp³-hybridized carbons (Fsp3) is 0.438. The maximum atomic E-state index is 13.9. The number of aromatic amines is 1. The molecule has 0 unspecified atom stereocenters. The van der Waals surface area contributed by atoms with E-state index in [1.807, 2.05) is 61.6 Å². The van der Waals surface area contributed by atoms with E-state index < -0.39 is 29.3 Å². The van der Waals surface area contributed by atoms with E-state index in [2.05, 4.69) is 20.5 Å². The van der Waals surface area contributed by atoms with Crippen LogP contribution < -0.4 is 16.4 Å². The summed E-state index contributed by atoms with van der Waals surface area (Å²) in [6, 6.07) is 17.0. The van der Waals surface area contributed by atoms with Crippen molar-refractivity contribution in [3.63, 3.8) is 0 Å². The number of para-hydroxylation sites is 1. The number of likely N-dealkylation sites (N-methyl/N-ethyl adjacent to an activating group) is 1. The standard InChI is InChI=1S/C32H42N6O4/c1-21(2)29(30(33)41)35-31(42)32(15-14-27-25(18-32)24-12-8-9-13-26(24)34-27)36-28(40)20-38(22(3)39)17-16-37(4)19-23-10-6-5-7-11-23/h5-13,21,29,34H,14-20H2,1-4H3,(H2,33,41)(H,35,42)(H,36,40)/t29-,32-/m0/s1. The summed E-state index contributed by atoms with van der Waals surface area (Å²) in [7, 11) is 1.97. The summed E-state index contributed by atoms with van der Waals surface area (Å²) in [6.45, 7) is 6.50. The number of primary amides is 1. The zero-order chi connectivity index (χ0) is 30.4. The van der Waals surface area contributed by atoms with Gasteiger partial charge in [-0.1, -0.05) is 62.4 Å². The molecule has 0 fully saturated rings. The van der Waals surface area contributed by atoms with Gasteiger partial charge in [0.25, 0.3) is 0 Å². The molecule has 1 aliphatic rings. The third-order valence-electron chi connectivity index (χ3n) is 8.08. The Labute approximate surface area is 247 Å². The first-order chi connectivity index (χ1) is 20.0. The molecular formula is C32H42N6O4. The lowest BCUT2D eigenvalue weighted by Crippen LogP contribution is -2.65. The van der Waals surface area contributed by atoms with Gasteiger partial charge in [-0.15, -0.1) is 0 Å². The molecule has 224 valence electrons. The van der Waals surface area contributed by atoms with Crippen molar-refractivity contribution < 1.29 is 19.2 Å². The highest BCUT2D eigenvalue weighted by atomic mass is 16.2. The normalized spacial score (nSPS) is 17.1. The zero-order valence-electron chi connectivity index (χ0n) is 24.9. The first-order valence-corrected chi connectivity index (χ1v) is 14.5. The Morgan fingerprint density at radius 3 is 2.38 bits per heavy atom. The maximum absolute atomic E-state index is 13.9. The lowest BCUT2D eigenvalue weighted by molar-refractivity contribution is -0.139. The number of amides is 4. The van der Waals surface area contributed by atoms with E-state index in [4.69, 9.17) is 5.73 Å². The van der Waals surface area contributed by atoms with Gasteiger partial charge < -0.3 is 31.2 Å². The van der Waals surface area contributed by atoms with Crippen molar-refractivity contribution >= 4 is 34.5 Å². The fourth-order valence-corrected chi connectivity index (χ4v) is 5.70. The quantitative estimate of drug-likeness (QED) is 0.262. The molecule has 10 heteroatoms. The van der Waals surface area contributed by atoms with Crippen LogP contribution >= 0.6 is 0 Å². The summed E-state index contributed by atoms with van der Waals surface area (Å²) in [5.74, 6) is -1.98. The van der Waals surface area contributed by atoms with E-state index in [0.29, 0.717) is 32.5 Å². The van der Waals surface area contributed by atoms with E-state index in [1.165, 1.54) is 11.8 Å². The Kier molecular flexibility index (Phi) is 9.67. The molecule has 2 atom stereocenters. The molecule has 0 saturated heterocycles. The summed E-state index contributed by atoms with van der Waals surface area (Å²) in [5.41, 5.74) is 8.39. The second kappa shape index (κ2) is 13.2. The van der Waals surface area contributed by atoms with Crippen molar-refractivity contribution in [3.8, 4) is 0 Å². The SMILES string of the molecule is CC(=O)N(CCN(C)Cc1ccccc1)CC(=O)N[C@@]1(C(=O)N[C@H](C(N)=O)C(C)C)CCc2[nH]c3ccccc3c2C1. The molecule has 1 aliphatic carbocycles. The number of nitrogens with two attached hydrogens (primary N) is 1. The molecule has 0 radical (unpaired) electrons. The van der Waals surface area contributed by atoms with Gasteiger partial charge in [0.2, 0.25) is 23.6 Å². The third-order valence-corrected chi connectivity index (χ3v) is 8.08. The Balaban J connectivity index is 1.52. The molecule has 1 heterocycles. The summed E-state index contributed by atoms with van der Waals surface area (Å²) >= 11 is 0. The van der Waals surface area contributed by atoms with Crippen molar-refractivity contribution in [3.05, 3.63) is 71.4 Å². The van der Waals surface area contributed by atoms with Crippen LogP contribution in [0.4, 0.5) is 0 Å². The molecule has 0 aliphatic heterocycles. The van der Waals surface area contributed by atoms with Gasteiger partial charge in [0.1, 0.15) is 11.6 Å². The average molecular weight is 575 g/mol. The van der Waals surface area contributed by atoms with Crippen molar-refractivity contribution in [2.75, 3.05) is 26.7 Å². The van der Waals surface area contributed by atoms with Crippen LogP contribution in [0.1, 0.15) is 44.0 Å². The monoisotopic (exact) mass is 574 g/mol. The Morgan fingerprint density at radius 2 is 1.71 bits per heavy atom. The van der Waals surface area contributed by atoms with Gasteiger partial charge in [0.15, 0.2) is 0 Å². The third kappa shape index (κ3) is 7.17. The molecule has 10 nitrogen and oxygen atoms in total. The number of carbonyl (C=O) groups excluding carboxylic acids is 4.